The van der Waals surface area contributed by atoms with E-state index in [-0.39, 0.29) is 0 Å². The largest absolute Gasteiger partial charge is 0.489 e. The lowest BCUT2D eigenvalue weighted by atomic mass is 9.98. The topological polar surface area (TPSA) is 12.5 Å². The Morgan fingerprint density at radius 3 is 2.79 bits per heavy atom. The summed E-state index contributed by atoms with van der Waals surface area (Å²) in [5.41, 5.74) is 2.76. The van der Waals surface area contributed by atoms with Gasteiger partial charge in [-0.15, -0.1) is 0 Å². The van der Waals surface area contributed by atoms with E-state index in [4.69, 9.17) is 4.74 Å². The Morgan fingerprint density at radius 1 is 1.26 bits per heavy atom. The van der Waals surface area contributed by atoms with Crippen LogP contribution in [0.3, 0.4) is 0 Å². The Kier molecular flexibility index (Phi) is 4.87. The van der Waals surface area contributed by atoms with Crippen molar-refractivity contribution in [3.63, 3.8) is 0 Å². The first-order valence-corrected chi connectivity index (χ1v) is 7.52. The number of hydrogen-bond acceptors (Lipinski definition) is 2. The maximum atomic E-state index is 6.21. The maximum Gasteiger partial charge on any atom is 0.120 e. The van der Waals surface area contributed by atoms with E-state index in [0.29, 0.717) is 12.0 Å². The molecule has 1 aliphatic heterocycles. The van der Waals surface area contributed by atoms with Crippen LogP contribution in [0.15, 0.2) is 18.2 Å². The first-order valence-electron chi connectivity index (χ1n) is 7.52. The highest BCUT2D eigenvalue weighted by atomic mass is 16.5. The molecule has 0 saturated carbocycles. The standard InChI is InChI=1S/C17H27NO/c1-13(2)17-11-15(9-8-14(17)3)19-16-7-5-6-10-18(4)12-16/h8-9,11,13,16H,5-7,10,12H2,1-4H3. The molecule has 106 valence electrons. The molecule has 1 heterocycles. The summed E-state index contributed by atoms with van der Waals surface area (Å²) in [6, 6.07) is 6.53. The summed E-state index contributed by atoms with van der Waals surface area (Å²) in [7, 11) is 2.19. The van der Waals surface area contributed by atoms with E-state index in [1.54, 1.807) is 0 Å². The second-order valence-corrected chi connectivity index (χ2v) is 6.17. The van der Waals surface area contributed by atoms with Crippen molar-refractivity contribution < 1.29 is 4.74 Å². The fraction of sp³-hybridized carbons (Fsp3) is 0.647. The van der Waals surface area contributed by atoms with Gasteiger partial charge in [-0.2, -0.15) is 0 Å². The zero-order chi connectivity index (χ0) is 13.8. The molecule has 1 aliphatic rings. The Bertz CT molecular complexity index is 414. The van der Waals surface area contributed by atoms with Crippen LogP contribution in [0.1, 0.15) is 50.2 Å². The van der Waals surface area contributed by atoms with Gasteiger partial charge in [-0.25, -0.2) is 0 Å². The molecular formula is C17H27NO. The normalized spacial score (nSPS) is 21.4. The minimum Gasteiger partial charge on any atom is -0.489 e. The highest BCUT2D eigenvalue weighted by Gasteiger charge is 2.17. The van der Waals surface area contributed by atoms with Crippen molar-refractivity contribution >= 4 is 0 Å². The van der Waals surface area contributed by atoms with Gasteiger partial charge in [-0.05, 0) is 69.0 Å². The summed E-state index contributed by atoms with van der Waals surface area (Å²) in [5, 5.41) is 0. The van der Waals surface area contributed by atoms with Crippen LogP contribution in [0.4, 0.5) is 0 Å². The fourth-order valence-electron chi connectivity index (χ4n) is 2.89. The lowest BCUT2D eigenvalue weighted by molar-refractivity contribution is 0.155. The van der Waals surface area contributed by atoms with Crippen molar-refractivity contribution in [2.75, 3.05) is 20.1 Å². The van der Waals surface area contributed by atoms with Crippen LogP contribution in [0.25, 0.3) is 0 Å². The zero-order valence-electron chi connectivity index (χ0n) is 12.8. The lowest BCUT2D eigenvalue weighted by Crippen LogP contribution is -2.31. The number of rotatable bonds is 3. The number of nitrogens with zero attached hydrogens (tertiary/aromatic N) is 1. The van der Waals surface area contributed by atoms with Crippen molar-refractivity contribution in [1.82, 2.24) is 4.90 Å². The maximum absolute atomic E-state index is 6.21. The van der Waals surface area contributed by atoms with Gasteiger partial charge in [0.2, 0.25) is 0 Å². The van der Waals surface area contributed by atoms with Crippen LogP contribution in [-0.2, 0) is 0 Å². The fourth-order valence-corrected chi connectivity index (χ4v) is 2.89. The Labute approximate surface area is 117 Å². The molecular weight excluding hydrogens is 234 g/mol. The van der Waals surface area contributed by atoms with Gasteiger partial charge in [0.05, 0.1) is 0 Å². The van der Waals surface area contributed by atoms with Crippen LogP contribution in [0.2, 0.25) is 0 Å². The predicted octanol–water partition coefficient (Wildman–Crippen LogP) is 3.98. The highest BCUT2D eigenvalue weighted by molar-refractivity contribution is 5.36. The average molecular weight is 261 g/mol. The molecule has 0 aliphatic carbocycles. The summed E-state index contributed by atoms with van der Waals surface area (Å²) in [5.74, 6) is 1.59. The highest BCUT2D eigenvalue weighted by Crippen LogP contribution is 2.26. The molecule has 0 bridgehead atoms. The molecule has 1 unspecified atom stereocenters. The van der Waals surface area contributed by atoms with E-state index in [1.807, 2.05) is 0 Å². The SMILES string of the molecule is Cc1ccc(OC2CCCCN(C)C2)cc1C(C)C. The van der Waals surface area contributed by atoms with Gasteiger partial charge in [0, 0.05) is 6.54 Å². The van der Waals surface area contributed by atoms with Gasteiger partial charge in [-0.1, -0.05) is 19.9 Å². The number of aryl methyl sites for hydroxylation is 1. The van der Waals surface area contributed by atoms with E-state index in [9.17, 15) is 0 Å². The molecule has 1 aromatic rings. The second-order valence-electron chi connectivity index (χ2n) is 6.17. The molecule has 0 radical (unpaired) electrons. The van der Waals surface area contributed by atoms with Crippen molar-refractivity contribution in [3.05, 3.63) is 29.3 Å². The van der Waals surface area contributed by atoms with Crippen LogP contribution < -0.4 is 4.74 Å². The molecule has 2 nitrogen and oxygen atoms in total. The summed E-state index contributed by atoms with van der Waals surface area (Å²) in [6.07, 6.45) is 4.09. The summed E-state index contributed by atoms with van der Waals surface area (Å²) < 4.78 is 6.21. The minimum absolute atomic E-state index is 0.343. The summed E-state index contributed by atoms with van der Waals surface area (Å²) >= 11 is 0. The van der Waals surface area contributed by atoms with E-state index in [0.717, 1.165) is 12.3 Å². The number of hydrogen-bond donors (Lipinski definition) is 0. The molecule has 0 N–H and O–H groups in total. The van der Waals surface area contributed by atoms with Gasteiger partial charge in [0.15, 0.2) is 0 Å². The molecule has 2 rings (SSSR count). The van der Waals surface area contributed by atoms with Gasteiger partial charge in [0.1, 0.15) is 11.9 Å². The van der Waals surface area contributed by atoms with Crippen LogP contribution in [0.5, 0.6) is 5.75 Å². The first kappa shape index (κ1) is 14.4. The number of ether oxygens (including phenoxy) is 1. The number of likely N-dealkylation sites (N-methyl/N-ethyl adjacent to an activating group) is 1. The van der Waals surface area contributed by atoms with Crippen molar-refractivity contribution in [3.8, 4) is 5.75 Å². The first-order chi connectivity index (χ1) is 9.06. The second kappa shape index (κ2) is 6.42. The zero-order valence-corrected chi connectivity index (χ0v) is 12.8. The number of likely N-dealkylation sites (tertiary alicyclic amines) is 1. The van der Waals surface area contributed by atoms with Gasteiger partial charge < -0.3 is 9.64 Å². The summed E-state index contributed by atoms with van der Waals surface area (Å²) in [4.78, 5) is 2.38. The predicted molar refractivity (Wildman–Crippen MR) is 81.0 cm³/mol. The van der Waals surface area contributed by atoms with E-state index in [2.05, 4.69) is 50.9 Å². The molecule has 0 aromatic heterocycles. The Balaban J connectivity index is 2.07. The monoisotopic (exact) mass is 261 g/mol. The van der Waals surface area contributed by atoms with E-state index in [1.165, 1.54) is 36.9 Å². The molecule has 1 saturated heterocycles. The molecule has 1 atom stereocenters. The third-order valence-electron chi connectivity index (χ3n) is 4.01. The van der Waals surface area contributed by atoms with E-state index < -0.39 is 0 Å². The van der Waals surface area contributed by atoms with Crippen molar-refractivity contribution in [2.24, 2.45) is 0 Å². The summed E-state index contributed by atoms with van der Waals surface area (Å²) in [6.45, 7) is 8.91. The van der Waals surface area contributed by atoms with Gasteiger partial charge in [-0.3, -0.25) is 0 Å². The van der Waals surface area contributed by atoms with Gasteiger partial charge in [0.25, 0.3) is 0 Å². The van der Waals surface area contributed by atoms with Gasteiger partial charge >= 0.3 is 0 Å². The van der Waals surface area contributed by atoms with Crippen LogP contribution in [0, 0.1) is 6.92 Å². The molecule has 1 fully saturated rings. The van der Waals surface area contributed by atoms with Crippen molar-refractivity contribution in [2.45, 2.75) is 52.1 Å². The third kappa shape index (κ3) is 3.97. The van der Waals surface area contributed by atoms with Crippen molar-refractivity contribution in [1.29, 1.82) is 0 Å². The minimum atomic E-state index is 0.343. The average Bonchev–Trinajstić information content (AvgIpc) is 2.56. The molecule has 2 heteroatoms. The molecule has 1 aromatic carbocycles. The Hall–Kier alpha value is -1.02. The van der Waals surface area contributed by atoms with E-state index >= 15 is 0 Å². The molecule has 0 spiro atoms. The molecule has 0 amide bonds. The smallest absolute Gasteiger partial charge is 0.120 e. The third-order valence-corrected chi connectivity index (χ3v) is 4.01. The Morgan fingerprint density at radius 2 is 2.05 bits per heavy atom. The van der Waals surface area contributed by atoms with Crippen LogP contribution >= 0.6 is 0 Å². The lowest BCUT2D eigenvalue weighted by Gasteiger charge is -2.22. The van der Waals surface area contributed by atoms with Crippen LogP contribution in [-0.4, -0.2) is 31.1 Å². The number of benzene rings is 1. The molecule has 19 heavy (non-hydrogen) atoms. The quantitative estimate of drug-likeness (QED) is 0.816.